The van der Waals surface area contributed by atoms with Crippen LogP contribution in [0.15, 0.2) is 0 Å². The monoisotopic (exact) mass is 207 g/mol. The van der Waals surface area contributed by atoms with Gasteiger partial charge in [-0.1, -0.05) is 25.7 Å². The van der Waals surface area contributed by atoms with E-state index in [0.717, 1.165) is 17.3 Å². The standard InChI is InChI=1S/C14H25N/c1-2-4-13-11-14(6-5-12(13)3-1)7-9-15-10-8-14/h12-13,15H,1-11H2/t12-,13-/m0/s1. The van der Waals surface area contributed by atoms with E-state index in [0.29, 0.717) is 0 Å². The Morgan fingerprint density at radius 2 is 1.53 bits per heavy atom. The SMILES string of the molecule is C1CC[C@H]2CC3(CCNCC3)CC[C@@H]2C1. The lowest BCUT2D eigenvalue weighted by atomic mass is 9.58. The second-order valence-corrected chi connectivity index (χ2v) is 6.30. The highest BCUT2D eigenvalue weighted by molar-refractivity contribution is 4.93. The van der Waals surface area contributed by atoms with Gasteiger partial charge in [0.15, 0.2) is 0 Å². The summed E-state index contributed by atoms with van der Waals surface area (Å²) < 4.78 is 0. The average Bonchev–Trinajstić information content (AvgIpc) is 2.30. The quantitative estimate of drug-likeness (QED) is 0.642. The molecule has 2 atom stereocenters. The predicted octanol–water partition coefficient (Wildman–Crippen LogP) is 3.35. The van der Waals surface area contributed by atoms with Gasteiger partial charge in [-0.15, -0.1) is 0 Å². The maximum atomic E-state index is 3.53. The fraction of sp³-hybridized carbons (Fsp3) is 1.00. The summed E-state index contributed by atoms with van der Waals surface area (Å²) in [6.07, 6.45) is 13.8. The van der Waals surface area contributed by atoms with E-state index < -0.39 is 0 Å². The van der Waals surface area contributed by atoms with Crippen molar-refractivity contribution < 1.29 is 0 Å². The first-order valence-corrected chi connectivity index (χ1v) is 7.09. The van der Waals surface area contributed by atoms with Crippen molar-refractivity contribution in [2.75, 3.05) is 13.1 Å². The maximum absolute atomic E-state index is 3.53. The molecule has 1 spiro atoms. The van der Waals surface area contributed by atoms with E-state index in [1.807, 2.05) is 0 Å². The van der Waals surface area contributed by atoms with Crippen LogP contribution in [0.25, 0.3) is 0 Å². The molecule has 1 aliphatic heterocycles. The van der Waals surface area contributed by atoms with Crippen molar-refractivity contribution in [2.24, 2.45) is 17.3 Å². The van der Waals surface area contributed by atoms with Crippen molar-refractivity contribution in [1.82, 2.24) is 5.32 Å². The van der Waals surface area contributed by atoms with E-state index in [-0.39, 0.29) is 0 Å². The normalized spacial score (nSPS) is 40.0. The second kappa shape index (κ2) is 4.08. The van der Waals surface area contributed by atoms with Crippen LogP contribution in [0.4, 0.5) is 0 Å². The Labute approximate surface area is 94.0 Å². The molecule has 0 radical (unpaired) electrons. The molecule has 15 heavy (non-hydrogen) atoms. The van der Waals surface area contributed by atoms with Crippen molar-refractivity contribution in [3.8, 4) is 0 Å². The van der Waals surface area contributed by atoms with Crippen LogP contribution >= 0.6 is 0 Å². The van der Waals surface area contributed by atoms with Gasteiger partial charge in [0.2, 0.25) is 0 Å². The van der Waals surface area contributed by atoms with E-state index in [9.17, 15) is 0 Å². The van der Waals surface area contributed by atoms with Gasteiger partial charge in [0.1, 0.15) is 0 Å². The predicted molar refractivity (Wildman–Crippen MR) is 63.8 cm³/mol. The zero-order valence-electron chi connectivity index (χ0n) is 9.93. The summed E-state index contributed by atoms with van der Waals surface area (Å²) in [6, 6.07) is 0. The van der Waals surface area contributed by atoms with Gasteiger partial charge >= 0.3 is 0 Å². The lowest BCUT2D eigenvalue weighted by Crippen LogP contribution is -2.42. The number of hydrogen-bond acceptors (Lipinski definition) is 1. The van der Waals surface area contributed by atoms with Crippen LogP contribution in [0.1, 0.15) is 57.8 Å². The van der Waals surface area contributed by atoms with Crippen molar-refractivity contribution in [2.45, 2.75) is 57.8 Å². The molecule has 0 aromatic rings. The molecule has 1 heterocycles. The lowest BCUT2D eigenvalue weighted by molar-refractivity contribution is 0.0354. The number of rotatable bonds is 0. The number of fused-ring (bicyclic) bond motifs is 1. The van der Waals surface area contributed by atoms with Crippen LogP contribution in [-0.4, -0.2) is 13.1 Å². The fourth-order valence-corrected chi connectivity index (χ4v) is 4.49. The Morgan fingerprint density at radius 3 is 2.33 bits per heavy atom. The van der Waals surface area contributed by atoms with Crippen LogP contribution in [0.3, 0.4) is 0 Å². The van der Waals surface area contributed by atoms with E-state index in [1.54, 1.807) is 32.1 Å². The van der Waals surface area contributed by atoms with E-state index in [2.05, 4.69) is 5.32 Å². The molecular weight excluding hydrogens is 182 g/mol. The largest absolute Gasteiger partial charge is 0.317 e. The second-order valence-electron chi connectivity index (χ2n) is 6.30. The zero-order chi connectivity index (χ0) is 10.1. The third kappa shape index (κ3) is 1.95. The number of nitrogens with one attached hydrogen (secondary N) is 1. The minimum absolute atomic E-state index is 0.782. The minimum atomic E-state index is 0.782. The Morgan fingerprint density at radius 1 is 0.800 bits per heavy atom. The smallest absolute Gasteiger partial charge is 0.00436 e. The summed E-state index contributed by atoms with van der Waals surface area (Å²) in [4.78, 5) is 0. The highest BCUT2D eigenvalue weighted by Gasteiger charge is 2.41. The summed E-state index contributed by atoms with van der Waals surface area (Å²) in [5.74, 6) is 2.24. The van der Waals surface area contributed by atoms with Crippen LogP contribution in [0, 0.1) is 17.3 Å². The Balaban J connectivity index is 1.68. The molecule has 1 heteroatoms. The van der Waals surface area contributed by atoms with Gasteiger partial charge in [0, 0.05) is 0 Å². The molecule has 2 aliphatic carbocycles. The van der Waals surface area contributed by atoms with Gasteiger partial charge in [-0.25, -0.2) is 0 Å². The summed E-state index contributed by atoms with van der Waals surface area (Å²) in [7, 11) is 0. The molecule has 1 N–H and O–H groups in total. The summed E-state index contributed by atoms with van der Waals surface area (Å²) in [5.41, 5.74) is 0.782. The molecule has 3 fully saturated rings. The molecule has 0 aromatic carbocycles. The van der Waals surface area contributed by atoms with Gasteiger partial charge in [0.25, 0.3) is 0 Å². The van der Waals surface area contributed by atoms with Crippen LogP contribution in [0.5, 0.6) is 0 Å². The summed E-state index contributed by atoms with van der Waals surface area (Å²) in [6.45, 7) is 2.58. The molecule has 0 amide bonds. The number of hydrogen-bond donors (Lipinski definition) is 1. The Bertz CT molecular complexity index is 217. The van der Waals surface area contributed by atoms with Gasteiger partial charge in [-0.05, 0) is 62.4 Å². The topological polar surface area (TPSA) is 12.0 Å². The summed E-state index contributed by atoms with van der Waals surface area (Å²) >= 11 is 0. The third-order valence-electron chi connectivity index (χ3n) is 5.47. The molecule has 1 nitrogen and oxygen atoms in total. The molecule has 2 saturated carbocycles. The van der Waals surface area contributed by atoms with Gasteiger partial charge in [-0.2, -0.15) is 0 Å². The highest BCUT2D eigenvalue weighted by atomic mass is 14.9. The van der Waals surface area contributed by atoms with E-state index in [1.165, 1.54) is 38.8 Å². The van der Waals surface area contributed by atoms with Crippen molar-refractivity contribution in [3.63, 3.8) is 0 Å². The zero-order valence-corrected chi connectivity index (χ0v) is 9.93. The minimum Gasteiger partial charge on any atom is -0.317 e. The molecule has 3 rings (SSSR count). The first-order chi connectivity index (χ1) is 7.38. The number of piperidine rings is 1. The molecule has 0 aromatic heterocycles. The molecular formula is C14H25N. The van der Waals surface area contributed by atoms with E-state index in [4.69, 9.17) is 0 Å². The third-order valence-corrected chi connectivity index (χ3v) is 5.47. The molecule has 0 unspecified atom stereocenters. The van der Waals surface area contributed by atoms with E-state index >= 15 is 0 Å². The lowest BCUT2D eigenvalue weighted by Gasteiger charge is -2.48. The Kier molecular flexibility index (Phi) is 2.76. The van der Waals surface area contributed by atoms with Crippen molar-refractivity contribution in [1.29, 1.82) is 0 Å². The van der Waals surface area contributed by atoms with Crippen LogP contribution < -0.4 is 5.32 Å². The van der Waals surface area contributed by atoms with Gasteiger partial charge in [-0.3, -0.25) is 0 Å². The highest BCUT2D eigenvalue weighted by Crippen LogP contribution is 2.51. The summed E-state index contributed by atoms with van der Waals surface area (Å²) in [5, 5.41) is 3.53. The molecule has 1 saturated heterocycles. The van der Waals surface area contributed by atoms with Gasteiger partial charge < -0.3 is 5.32 Å². The van der Waals surface area contributed by atoms with Crippen molar-refractivity contribution in [3.05, 3.63) is 0 Å². The maximum Gasteiger partial charge on any atom is -0.00436 e. The first-order valence-electron chi connectivity index (χ1n) is 7.09. The van der Waals surface area contributed by atoms with Gasteiger partial charge in [0.05, 0.1) is 0 Å². The fourth-order valence-electron chi connectivity index (χ4n) is 4.49. The Hall–Kier alpha value is -0.0400. The molecule has 86 valence electrons. The van der Waals surface area contributed by atoms with Crippen LogP contribution in [-0.2, 0) is 0 Å². The molecule has 3 aliphatic rings. The average molecular weight is 207 g/mol. The molecule has 0 bridgehead atoms. The first kappa shape index (κ1) is 10.1. The van der Waals surface area contributed by atoms with Crippen molar-refractivity contribution >= 4 is 0 Å². The van der Waals surface area contributed by atoms with Crippen LogP contribution in [0.2, 0.25) is 0 Å².